The molecule has 6 nitrogen and oxygen atoms in total. The van der Waals surface area contributed by atoms with Gasteiger partial charge in [0.05, 0.1) is 12.7 Å². The lowest BCUT2D eigenvalue weighted by atomic mass is 10.1. The number of nitrogens with zero attached hydrogens (tertiary/aromatic N) is 2. The van der Waals surface area contributed by atoms with Crippen LogP contribution in [0.15, 0.2) is 48.5 Å². The lowest BCUT2D eigenvalue weighted by molar-refractivity contribution is 0.0772. The first kappa shape index (κ1) is 22.2. The van der Waals surface area contributed by atoms with Gasteiger partial charge in [-0.25, -0.2) is 0 Å². The number of rotatable bonds is 7. The molecule has 2 aromatic carbocycles. The number of phenolic OH excluding ortho intramolecular Hbond substituents is 1. The Kier molecular flexibility index (Phi) is 7.32. The molecule has 0 aromatic heterocycles. The zero-order chi connectivity index (χ0) is 22.3. The third-order valence-corrected chi connectivity index (χ3v) is 6.22. The molecule has 2 aliphatic rings. The monoisotopic (exact) mass is 436 g/mol. The maximum atomic E-state index is 12.9. The average Bonchev–Trinajstić information content (AvgIpc) is 3.36. The van der Waals surface area contributed by atoms with Crippen molar-refractivity contribution in [3.05, 3.63) is 59.7 Å². The predicted octanol–water partition coefficient (Wildman–Crippen LogP) is 4.19. The van der Waals surface area contributed by atoms with Crippen molar-refractivity contribution in [2.75, 3.05) is 39.8 Å². The fraction of sp³-hybridized carbons (Fsp3) is 0.423. The maximum Gasteiger partial charge on any atom is 0.257 e. The molecule has 4 rings (SSSR count). The molecule has 2 aliphatic heterocycles. The molecule has 0 radical (unpaired) electrons. The molecule has 0 aliphatic carbocycles. The Morgan fingerprint density at radius 3 is 2.56 bits per heavy atom. The molecule has 2 fully saturated rings. The summed E-state index contributed by atoms with van der Waals surface area (Å²) in [6.45, 7) is 4.46. The van der Waals surface area contributed by atoms with Crippen LogP contribution < -0.4 is 9.47 Å². The van der Waals surface area contributed by atoms with E-state index in [2.05, 4.69) is 11.0 Å². The van der Waals surface area contributed by atoms with Crippen LogP contribution in [0.5, 0.6) is 17.2 Å². The quantitative estimate of drug-likeness (QED) is 0.705. The van der Waals surface area contributed by atoms with Gasteiger partial charge in [0.15, 0.2) is 11.5 Å². The summed E-state index contributed by atoms with van der Waals surface area (Å²) in [5.41, 5.74) is 1.68. The van der Waals surface area contributed by atoms with E-state index in [0.29, 0.717) is 17.1 Å². The number of piperidine rings is 1. The first-order valence-electron chi connectivity index (χ1n) is 11.4. The normalized spacial score (nSPS) is 17.7. The van der Waals surface area contributed by atoms with Crippen molar-refractivity contribution in [1.82, 2.24) is 9.80 Å². The van der Waals surface area contributed by atoms with Crippen molar-refractivity contribution in [3.8, 4) is 17.2 Å². The largest absolute Gasteiger partial charge is 0.504 e. The lowest BCUT2D eigenvalue weighted by Crippen LogP contribution is -2.38. The van der Waals surface area contributed by atoms with E-state index in [0.717, 1.165) is 64.0 Å². The van der Waals surface area contributed by atoms with Crippen LogP contribution in [-0.2, 0) is 0 Å². The van der Waals surface area contributed by atoms with Gasteiger partial charge in [0.25, 0.3) is 5.91 Å². The van der Waals surface area contributed by atoms with Gasteiger partial charge in [0, 0.05) is 32.7 Å². The second kappa shape index (κ2) is 10.6. The summed E-state index contributed by atoms with van der Waals surface area (Å²) < 4.78 is 11.5. The number of likely N-dealkylation sites (tertiary alicyclic amines) is 2. The third kappa shape index (κ3) is 5.43. The van der Waals surface area contributed by atoms with Crippen LogP contribution in [0.2, 0.25) is 0 Å². The van der Waals surface area contributed by atoms with Gasteiger partial charge in [-0.1, -0.05) is 30.4 Å². The number of benzene rings is 2. The van der Waals surface area contributed by atoms with E-state index in [1.54, 1.807) is 13.2 Å². The third-order valence-electron chi connectivity index (χ3n) is 6.22. The standard InChI is InChI=1S/C26H32N2O4/c1-31-25-19-20(10-11-23(25)29)7-6-14-27-17-12-21(13-18-27)32-24-9-3-2-8-22(24)26(30)28-15-4-5-16-28/h2-3,6-11,19,21,29H,4-5,12-18H2,1H3/b7-6+. The summed E-state index contributed by atoms with van der Waals surface area (Å²) in [5.74, 6) is 1.43. The van der Waals surface area contributed by atoms with Crippen molar-refractivity contribution in [2.45, 2.75) is 31.8 Å². The zero-order valence-corrected chi connectivity index (χ0v) is 18.7. The molecule has 32 heavy (non-hydrogen) atoms. The van der Waals surface area contributed by atoms with Gasteiger partial charge in [-0.15, -0.1) is 0 Å². The van der Waals surface area contributed by atoms with Gasteiger partial charge in [0.2, 0.25) is 0 Å². The van der Waals surface area contributed by atoms with Crippen LogP contribution in [0.1, 0.15) is 41.6 Å². The highest BCUT2D eigenvalue weighted by Crippen LogP contribution is 2.27. The van der Waals surface area contributed by atoms with Gasteiger partial charge < -0.3 is 19.5 Å². The molecule has 1 amide bonds. The first-order chi connectivity index (χ1) is 15.6. The zero-order valence-electron chi connectivity index (χ0n) is 18.7. The number of hydrogen-bond donors (Lipinski definition) is 1. The molecule has 0 unspecified atom stereocenters. The minimum Gasteiger partial charge on any atom is -0.504 e. The molecule has 0 bridgehead atoms. The van der Waals surface area contributed by atoms with Crippen LogP contribution in [0.3, 0.4) is 0 Å². The predicted molar refractivity (Wildman–Crippen MR) is 125 cm³/mol. The number of phenols is 1. The minimum absolute atomic E-state index is 0.0894. The molecule has 0 saturated carbocycles. The lowest BCUT2D eigenvalue weighted by Gasteiger charge is -2.32. The van der Waals surface area contributed by atoms with Crippen molar-refractivity contribution in [1.29, 1.82) is 0 Å². The van der Waals surface area contributed by atoms with E-state index >= 15 is 0 Å². The van der Waals surface area contributed by atoms with Gasteiger partial charge in [0.1, 0.15) is 11.9 Å². The number of amides is 1. The number of ether oxygens (including phenoxy) is 2. The molecular weight excluding hydrogens is 404 g/mol. The fourth-order valence-electron chi connectivity index (χ4n) is 4.36. The van der Waals surface area contributed by atoms with Gasteiger partial charge in [-0.3, -0.25) is 9.69 Å². The van der Waals surface area contributed by atoms with Crippen molar-refractivity contribution in [3.63, 3.8) is 0 Å². The Bertz CT molecular complexity index is 945. The van der Waals surface area contributed by atoms with Crippen LogP contribution in [0.4, 0.5) is 0 Å². The van der Waals surface area contributed by atoms with E-state index in [1.807, 2.05) is 47.4 Å². The fourth-order valence-corrected chi connectivity index (χ4v) is 4.36. The summed E-state index contributed by atoms with van der Waals surface area (Å²) in [4.78, 5) is 17.2. The molecule has 2 saturated heterocycles. The maximum absolute atomic E-state index is 12.9. The topological polar surface area (TPSA) is 62.2 Å². The van der Waals surface area contributed by atoms with Gasteiger partial charge in [-0.2, -0.15) is 0 Å². The highest BCUT2D eigenvalue weighted by molar-refractivity contribution is 5.97. The van der Waals surface area contributed by atoms with E-state index in [-0.39, 0.29) is 17.8 Å². The molecule has 1 N–H and O–H groups in total. The summed E-state index contributed by atoms with van der Waals surface area (Å²) in [5, 5.41) is 9.71. The highest BCUT2D eigenvalue weighted by atomic mass is 16.5. The van der Waals surface area contributed by atoms with E-state index < -0.39 is 0 Å². The second-order valence-corrected chi connectivity index (χ2v) is 8.45. The number of methoxy groups -OCH3 is 1. The Morgan fingerprint density at radius 2 is 1.81 bits per heavy atom. The number of para-hydroxylation sites is 1. The van der Waals surface area contributed by atoms with Crippen molar-refractivity contribution >= 4 is 12.0 Å². The Labute approximate surface area is 190 Å². The summed E-state index contributed by atoms with van der Waals surface area (Å²) >= 11 is 0. The Balaban J connectivity index is 1.28. The molecule has 0 spiro atoms. The van der Waals surface area contributed by atoms with Gasteiger partial charge in [-0.05, 0) is 55.5 Å². The van der Waals surface area contributed by atoms with E-state index in [9.17, 15) is 9.90 Å². The number of carbonyl (C=O) groups is 1. The van der Waals surface area contributed by atoms with Crippen LogP contribution in [0.25, 0.3) is 6.08 Å². The molecule has 0 atom stereocenters. The van der Waals surface area contributed by atoms with Crippen molar-refractivity contribution in [2.24, 2.45) is 0 Å². The second-order valence-electron chi connectivity index (χ2n) is 8.45. The smallest absolute Gasteiger partial charge is 0.257 e. The van der Waals surface area contributed by atoms with Gasteiger partial charge >= 0.3 is 0 Å². The SMILES string of the molecule is COc1cc(/C=C/CN2CCC(Oc3ccccc3C(=O)N3CCCC3)CC2)ccc1O. The average molecular weight is 437 g/mol. The highest BCUT2D eigenvalue weighted by Gasteiger charge is 2.25. The molecular formula is C26H32N2O4. The Hall–Kier alpha value is -2.99. The molecule has 2 heterocycles. The molecule has 6 heteroatoms. The number of aromatic hydroxyl groups is 1. The van der Waals surface area contributed by atoms with Crippen LogP contribution >= 0.6 is 0 Å². The minimum atomic E-state index is 0.0894. The molecule has 2 aromatic rings. The number of carbonyl (C=O) groups excluding carboxylic acids is 1. The van der Waals surface area contributed by atoms with E-state index in [4.69, 9.17) is 9.47 Å². The molecule has 170 valence electrons. The first-order valence-corrected chi connectivity index (χ1v) is 11.4. The summed E-state index contributed by atoms with van der Waals surface area (Å²) in [7, 11) is 1.55. The summed E-state index contributed by atoms with van der Waals surface area (Å²) in [6.07, 6.45) is 8.36. The number of hydrogen-bond acceptors (Lipinski definition) is 5. The van der Waals surface area contributed by atoms with Crippen LogP contribution in [-0.4, -0.2) is 66.8 Å². The van der Waals surface area contributed by atoms with E-state index in [1.165, 1.54) is 0 Å². The summed E-state index contributed by atoms with van der Waals surface area (Å²) in [6, 6.07) is 13.0. The van der Waals surface area contributed by atoms with Crippen molar-refractivity contribution < 1.29 is 19.4 Å². The van der Waals surface area contributed by atoms with Crippen LogP contribution in [0, 0.1) is 0 Å². The Morgan fingerprint density at radius 1 is 1.06 bits per heavy atom.